The van der Waals surface area contributed by atoms with Gasteiger partial charge in [0.15, 0.2) is 0 Å². The molecule has 0 saturated carbocycles. The average Bonchev–Trinajstić information content (AvgIpc) is 2.94. The Hall–Kier alpha value is -2.31. The number of imidazole rings is 1. The Bertz CT molecular complexity index is 632. The minimum absolute atomic E-state index is 0.404. The van der Waals surface area contributed by atoms with Crippen LogP contribution in [0.3, 0.4) is 0 Å². The molecule has 112 valence electrons. The van der Waals surface area contributed by atoms with Crippen molar-refractivity contribution in [3.8, 4) is 11.4 Å². The van der Waals surface area contributed by atoms with Gasteiger partial charge in [0.2, 0.25) is 0 Å². The van der Waals surface area contributed by atoms with Gasteiger partial charge in [0.05, 0.1) is 12.7 Å². The topological polar surface area (TPSA) is 44.1 Å². The van der Waals surface area contributed by atoms with Gasteiger partial charge in [0.1, 0.15) is 11.9 Å². The zero-order chi connectivity index (χ0) is 15.6. The summed E-state index contributed by atoms with van der Waals surface area (Å²) in [7, 11) is 1.27. The molecule has 0 aliphatic carbocycles. The van der Waals surface area contributed by atoms with E-state index in [-0.39, 0.29) is 0 Å². The van der Waals surface area contributed by atoms with Gasteiger partial charge >= 0.3 is 12.1 Å². The number of hydrogen-bond donors (Lipinski definition) is 0. The number of aromatic nitrogens is 2. The summed E-state index contributed by atoms with van der Waals surface area (Å²) in [6.07, 6.45) is -1.33. The third-order valence-corrected chi connectivity index (χ3v) is 3.10. The molecule has 1 aromatic carbocycles. The van der Waals surface area contributed by atoms with E-state index in [1.165, 1.54) is 25.4 Å². The Labute approximate surface area is 119 Å². The number of halogens is 3. The predicted molar refractivity (Wildman–Crippen MR) is 69.4 cm³/mol. The zero-order valence-electron chi connectivity index (χ0n) is 11.4. The molecule has 7 heteroatoms. The molecule has 0 amide bonds. The lowest BCUT2D eigenvalue weighted by atomic mass is 10.1. The van der Waals surface area contributed by atoms with Crippen LogP contribution in [0.25, 0.3) is 11.4 Å². The van der Waals surface area contributed by atoms with E-state index in [9.17, 15) is 18.0 Å². The Balaban J connectivity index is 2.36. The summed E-state index contributed by atoms with van der Waals surface area (Å²) in [5.41, 5.74) is -0.242. The molecular formula is C14H13F3N2O2. The Morgan fingerprint density at radius 2 is 1.90 bits per heavy atom. The van der Waals surface area contributed by atoms with E-state index in [2.05, 4.69) is 9.72 Å². The fraction of sp³-hybridized carbons (Fsp3) is 0.286. The number of rotatable bonds is 3. The number of methoxy groups -OCH3 is 1. The maximum Gasteiger partial charge on any atom is 0.416 e. The number of benzene rings is 1. The fourth-order valence-corrected chi connectivity index (χ4v) is 1.94. The minimum atomic E-state index is -4.38. The van der Waals surface area contributed by atoms with Crippen molar-refractivity contribution in [3.05, 3.63) is 42.2 Å². The van der Waals surface area contributed by atoms with Gasteiger partial charge in [-0.1, -0.05) is 12.1 Å². The number of esters is 1. The van der Waals surface area contributed by atoms with Crippen molar-refractivity contribution in [2.24, 2.45) is 0 Å². The molecule has 0 fully saturated rings. The first-order valence-electron chi connectivity index (χ1n) is 6.13. The molecule has 0 aliphatic rings. The van der Waals surface area contributed by atoms with Gasteiger partial charge < -0.3 is 9.30 Å². The van der Waals surface area contributed by atoms with Crippen molar-refractivity contribution < 1.29 is 22.7 Å². The van der Waals surface area contributed by atoms with Crippen LogP contribution in [0, 0.1) is 0 Å². The van der Waals surface area contributed by atoms with Crippen LogP contribution in [-0.4, -0.2) is 22.6 Å². The van der Waals surface area contributed by atoms with Gasteiger partial charge in [-0.15, -0.1) is 0 Å². The molecule has 4 nitrogen and oxygen atoms in total. The molecule has 2 rings (SSSR count). The number of carbonyl (C=O) groups is 1. The highest BCUT2D eigenvalue weighted by Gasteiger charge is 2.30. The van der Waals surface area contributed by atoms with E-state index in [1.807, 2.05) is 0 Å². The lowest BCUT2D eigenvalue weighted by molar-refractivity contribution is -0.144. The van der Waals surface area contributed by atoms with Crippen LogP contribution in [0.2, 0.25) is 0 Å². The first-order chi connectivity index (χ1) is 9.84. The standard InChI is InChI=1S/C14H13F3N2O2/c1-9(13(20)21-2)19-8-7-18-12(19)10-3-5-11(6-4-10)14(15,16)17/h3-9H,1-2H3. The molecule has 1 atom stereocenters. The molecule has 0 saturated heterocycles. The first kappa shape index (κ1) is 15.1. The highest BCUT2D eigenvalue weighted by atomic mass is 19.4. The van der Waals surface area contributed by atoms with E-state index in [0.29, 0.717) is 11.4 Å². The molecule has 1 aromatic heterocycles. The van der Waals surface area contributed by atoms with E-state index in [1.54, 1.807) is 17.7 Å². The molecule has 2 aromatic rings. The van der Waals surface area contributed by atoms with Crippen LogP contribution in [0.4, 0.5) is 13.2 Å². The Kier molecular flexibility index (Phi) is 4.02. The molecule has 0 spiro atoms. The fourth-order valence-electron chi connectivity index (χ4n) is 1.94. The normalized spacial score (nSPS) is 13.0. The lowest BCUT2D eigenvalue weighted by Gasteiger charge is -2.14. The average molecular weight is 298 g/mol. The molecule has 0 bridgehead atoms. The van der Waals surface area contributed by atoms with Crippen molar-refractivity contribution in [2.45, 2.75) is 19.1 Å². The summed E-state index contributed by atoms with van der Waals surface area (Å²) >= 11 is 0. The second kappa shape index (κ2) is 5.59. The maximum absolute atomic E-state index is 12.5. The van der Waals surface area contributed by atoms with E-state index >= 15 is 0 Å². The quantitative estimate of drug-likeness (QED) is 0.817. The van der Waals surface area contributed by atoms with Crippen LogP contribution >= 0.6 is 0 Å². The Morgan fingerprint density at radius 1 is 1.29 bits per heavy atom. The van der Waals surface area contributed by atoms with Crippen molar-refractivity contribution in [1.82, 2.24) is 9.55 Å². The summed E-state index contributed by atoms with van der Waals surface area (Å²) in [6.45, 7) is 1.63. The predicted octanol–water partition coefficient (Wildman–Crippen LogP) is 3.30. The van der Waals surface area contributed by atoms with E-state index < -0.39 is 23.8 Å². The Morgan fingerprint density at radius 3 is 2.43 bits per heavy atom. The molecule has 21 heavy (non-hydrogen) atoms. The van der Waals surface area contributed by atoms with Crippen molar-refractivity contribution in [2.75, 3.05) is 7.11 Å². The zero-order valence-corrected chi connectivity index (χ0v) is 11.4. The van der Waals surface area contributed by atoms with Crippen LogP contribution in [0.1, 0.15) is 18.5 Å². The monoisotopic (exact) mass is 298 g/mol. The van der Waals surface area contributed by atoms with Crippen LogP contribution < -0.4 is 0 Å². The molecule has 1 heterocycles. The maximum atomic E-state index is 12.5. The molecule has 1 unspecified atom stereocenters. The van der Waals surface area contributed by atoms with Gasteiger partial charge in [0.25, 0.3) is 0 Å². The SMILES string of the molecule is COC(=O)C(C)n1ccnc1-c1ccc(C(F)(F)F)cc1. The summed E-state index contributed by atoms with van der Waals surface area (Å²) in [6, 6.07) is 4.00. The summed E-state index contributed by atoms with van der Waals surface area (Å²) in [4.78, 5) is 15.6. The van der Waals surface area contributed by atoms with Gasteiger partial charge in [-0.2, -0.15) is 13.2 Å². The highest BCUT2D eigenvalue weighted by Crippen LogP contribution is 2.31. The number of ether oxygens (including phenoxy) is 1. The first-order valence-corrected chi connectivity index (χ1v) is 6.13. The van der Waals surface area contributed by atoms with E-state index in [0.717, 1.165) is 12.1 Å². The molecule has 0 N–H and O–H groups in total. The summed E-state index contributed by atoms with van der Waals surface area (Å²) in [5, 5.41) is 0. The van der Waals surface area contributed by atoms with E-state index in [4.69, 9.17) is 0 Å². The highest BCUT2D eigenvalue weighted by molar-refractivity contribution is 5.74. The lowest BCUT2D eigenvalue weighted by Crippen LogP contribution is -2.18. The summed E-state index contributed by atoms with van der Waals surface area (Å²) < 4.78 is 43.8. The number of nitrogens with zero attached hydrogens (tertiary/aromatic N) is 2. The second-order valence-electron chi connectivity index (χ2n) is 4.43. The van der Waals surface area contributed by atoms with Gasteiger partial charge in [-0.3, -0.25) is 0 Å². The van der Waals surface area contributed by atoms with Gasteiger partial charge in [0, 0.05) is 18.0 Å². The second-order valence-corrected chi connectivity index (χ2v) is 4.43. The number of carbonyl (C=O) groups excluding carboxylic acids is 1. The van der Waals surface area contributed by atoms with Crippen molar-refractivity contribution >= 4 is 5.97 Å². The van der Waals surface area contributed by atoms with Crippen molar-refractivity contribution in [1.29, 1.82) is 0 Å². The largest absolute Gasteiger partial charge is 0.467 e. The van der Waals surface area contributed by atoms with Gasteiger partial charge in [-0.25, -0.2) is 9.78 Å². The molecular weight excluding hydrogens is 285 g/mol. The molecule has 0 aliphatic heterocycles. The van der Waals surface area contributed by atoms with Crippen LogP contribution in [0.15, 0.2) is 36.7 Å². The third-order valence-electron chi connectivity index (χ3n) is 3.10. The number of alkyl halides is 3. The summed E-state index contributed by atoms with van der Waals surface area (Å²) in [5.74, 6) is -0.0530. The minimum Gasteiger partial charge on any atom is -0.467 e. The molecule has 0 radical (unpaired) electrons. The number of hydrogen-bond acceptors (Lipinski definition) is 3. The van der Waals surface area contributed by atoms with Crippen LogP contribution in [-0.2, 0) is 15.7 Å². The third kappa shape index (κ3) is 3.07. The van der Waals surface area contributed by atoms with Crippen LogP contribution in [0.5, 0.6) is 0 Å². The van der Waals surface area contributed by atoms with Gasteiger partial charge in [-0.05, 0) is 19.1 Å². The smallest absolute Gasteiger partial charge is 0.416 e. The van der Waals surface area contributed by atoms with Crippen molar-refractivity contribution in [3.63, 3.8) is 0 Å².